The van der Waals surface area contributed by atoms with Crippen LogP contribution in [-0.4, -0.2) is 31.2 Å². The average Bonchev–Trinajstić information content (AvgIpc) is 2.50. The van der Waals surface area contributed by atoms with E-state index in [9.17, 15) is 9.59 Å². The maximum atomic E-state index is 12.1. The molecule has 6 heteroatoms. The van der Waals surface area contributed by atoms with Gasteiger partial charge in [0, 0.05) is 11.4 Å². The Kier molecular flexibility index (Phi) is 5.57. The molecule has 1 aliphatic rings. The fourth-order valence-electron chi connectivity index (χ4n) is 2.23. The number of hydrogen-bond donors (Lipinski definition) is 3. The van der Waals surface area contributed by atoms with Crippen LogP contribution in [0.2, 0.25) is 0 Å². The Morgan fingerprint density at radius 3 is 2.43 bits per heavy atom. The van der Waals surface area contributed by atoms with Gasteiger partial charge in [0.2, 0.25) is 5.91 Å². The highest BCUT2D eigenvalue weighted by molar-refractivity contribution is 5.95. The van der Waals surface area contributed by atoms with Crippen molar-refractivity contribution in [1.29, 1.82) is 0 Å². The van der Waals surface area contributed by atoms with Gasteiger partial charge in [-0.3, -0.25) is 10.1 Å². The molecule has 1 aliphatic heterocycles. The summed E-state index contributed by atoms with van der Waals surface area (Å²) in [6.45, 7) is 2.96. The molecule has 114 valence electrons. The Hall–Kier alpha value is -2.08. The zero-order chi connectivity index (χ0) is 15.1. The summed E-state index contributed by atoms with van der Waals surface area (Å²) in [6.07, 6.45) is 2.58. The van der Waals surface area contributed by atoms with Crippen molar-refractivity contribution >= 4 is 23.4 Å². The van der Waals surface area contributed by atoms with E-state index >= 15 is 0 Å². The molecule has 3 N–H and O–H groups in total. The molecule has 0 saturated carbocycles. The summed E-state index contributed by atoms with van der Waals surface area (Å²) in [5.74, 6) is -0.0131. The van der Waals surface area contributed by atoms with Gasteiger partial charge in [-0.1, -0.05) is 6.42 Å². The molecular formula is C15H21N3O3. The van der Waals surface area contributed by atoms with E-state index in [0.717, 1.165) is 25.8 Å². The van der Waals surface area contributed by atoms with Crippen molar-refractivity contribution < 1.29 is 14.3 Å². The monoisotopic (exact) mass is 291 g/mol. The summed E-state index contributed by atoms with van der Waals surface area (Å²) in [6, 6.07) is 6.84. The second kappa shape index (κ2) is 7.64. The van der Waals surface area contributed by atoms with E-state index in [4.69, 9.17) is 4.74 Å². The largest absolute Gasteiger partial charge is 0.450 e. The van der Waals surface area contributed by atoms with Crippen LogP contribution in [0.25, 0.3) is 0 Å². The van der Waals surface area contributed by atoms with Crippen LogP contribution < -0.4 is 16.0 Å². The van der Waals surface area contributed by atoms with Gasteiger partial charge in [0.05, 0.1) is 12.6 Å². The predicted molar refractivity (Wildman–Crippen MR) is 81.4 cm³/mol. The lowest BCUT2D eigenvalue weighted by Gasteiger charge is -2.22. The lowest BCUT2D eigenvalue weighted by molar-refractivity contribution is -0.118. The number of anilines is 2. The van der Waals surface area contributed by atoms with Crippen LogP contribution in [0.4, 0.5) is 16.2 Å². The summed E-state index contributed by atoms with van der Waals surface area (Å²) in [5.41, 5.74) is 1.34. The van der Waals surface area contributed by atoms with Crippen molar-refractivity contribution in [1.82, 2.24) is 5.32 Å². The van der Waals surface area contributed by atoms with Gasteiger partial charge >= 0.3 is 6.09 Å². The number of carbonyl (C=O) groups excluding carboxylic acids is 2. The van der Waals surface area contributed by atoms with E-state index in [1.54, 1.807) is 31.2 Å². The lowest BCUT2D eigenvalue weighted by atomic mass is 10.0. The Labute approximate surface area is 124 Å². The molecule has 0 radical (unpaired) electrons. The third kappa shape index (κ3) is 4.75. The number of rotatable bonds is 4. The molecule has 0 aromatic heterocycles. The SMILES string of the molecule is CCOC(=O)Nc1ccc(NC(=O)[C@H]2CCCCN2)cc1. The molecule has 0 unspecified atom stereocenters. The molecule has 1 aromatic carbocycles. The third-order valence-electron chi connectivity index (χ3n) is 3.30. The highest BCUT2D eigenvalue weighted by atomic mass is 16.5. The summed E-state index contributed by atoms with van der Waals surface area (Å²) in [4.78, 5) is 23.3. The molecule has 0 bridgehead atoms. The van der Waals surface area contributed by atoms with Gasteiger partial charge in [-0.2, -0.15) is 0 Å². The van der Waals surface area contributed by atoms with Gasteiger partial charge < -0.3 is 15.4 Å². The van der Waals surface area contributed by atoms with Gasteiger partial charge in [-0.15, -0.1) is 0 Å². The third-order valence-corrected chi connectivity index (χ3v) is 3.30. The molecule has 1 atom stereocenters. The molecule has 1 heterocycles. The second-order valence-corrected chi connectivity index (χ2v) is 4.91. The first-order chi connectivity index (χ1) is 10.2. The minimum Gasteiger partial charge on any atom is -0.450 e. The Morgan fingerprint density at radius 1 is 1.19 bits per heavy atom. The number of nitrogens with one attached hydrogen (secondary N) is 3. The summed E-state index contributed by atoms with van der Waals surface area (Å²) in [5, 5.41) is 8.68. The average molecular weight is 291 g/mol. The Balaban J connectivity index is 1.86. The molecule has 6 nitrogen and oxygen atoms in total. The smallest absolute Gasteiger partial charge is 0.411 e. The summed E-state index contributed by atoms with van der Waals surface area (Å²) >= 11 is 0. The van der Waals surface area contributed by atoms with Gasteiger partial charge in [-0.25, -0.2) is 4.79 Å². The van der Waals surface area contributed by atoms with Crippen molar-refractivity contribution in [2.45, 2.75) is 32.2 Å². The number of amides is 2. The number of hydrogen-bond acceptors (Lipinski definition) is 4. The van der Waals surface area contributed by atoms with Crippen LogP contribution in [0.5, 0.6) is 0 Å². The van der Waals surface area contributed by atoms with Crippen molar-refractivity contribution in [3.8, 4) is 0 Å². The Morgan fingerprint density at radius 2 is 1.86 bits per heavy atom. The zero-order valence-electron chi connectivity index (χ0n) is 12.1. The molecule has 21 heavy (non-hydrogen) atoms. The zero-order valence-corrected chi connectivity index (χ0v) is 12.1. The van der Waals surface area contributed by atoms with Crippen LogP contribution in [-0.2, 0) is 9.53 Å². The summed E-state index contributed by atoms with van der Waals surface area (Å²) < 4.78 is 4.79. The molecule has 1 saturated heterocycles. The second-order valence-electron chi connectivity index (χ2n) is 4.91. The standard InChI is InChI=1S/C15H21N3O3/c1-2-21-15(20)18-12-8-6-11(7-9-12)17-14(19)13-5-3-4-10-16-13/h6-9,13,16H,2-5,10H2,1H3,(H,17,19)(H,18,20)/t13-/m1/s1. The Bertz CT molecular complexity index is 481. The highest BCUT2D eigenvalue weighted by Crippen LogP contribution is 2.15. The van der Waals surface area contributed by atoms with Crippen LogP contribution in [0.15, 0.2) is 24.3 Å². The van der Waals surface area contributed by atoms with Crippen LogP contribution in [0.1, 0.15) is 26.2 Å². The first-order valence-electron chi connectivity index (χ1n) is 7.27. The van der Waals surface area contributed by atoms with E-state index in [1.165, 1.54) is 0 Å². The van der Waals surface area contributed by atoms with Crippen molar-refractivity contribution in [2.75, 3.05) is 23.8 Å². The normalized spacial score (nSPS) is 17.9. The maximum Gasteiger partial charge on any atom is 0.411 e. The van der Waals surface area contributed by atoms with E-state index in [2.05, 4.69) is 16.0 Å². The molecule has 2 rings (SSSR count). The van der Waals surface area contributed by atoms with Crippen LogP contribution in [0, 0.1) is 0 Å². The van der Waals surface area contributed by atoms with Crippen LogP contribution >= 0.6 is 0 Å². The number of ether oxygens (including phenoxy) is 1. The van der Waals surface area contributed by atoms with Gasteiger partial charge in [0.25, 0.3) is 0 Å². The van der Waals surface area contributed by atoms with Crippen molar-refractivity contribution in [2.24, 2.45) is 0 Å². The van der Waals surface area contributed by atoms with E-state index in [-0.39, 0.29) is 11.9 Å². The molecule has 0 aliphatic carbocycles. The van der Waals surface area contributed by atoms with E-state index < -0.39 is 6.09 Å². The number of carbonyl (C=O) groups is 2. The minimum atomic E-state index is -0.485. The van der Waals surface area contributed by atoms with Crippen molar-refractivity contribution in [3.05, 3.63) is 24.3 Å². The van der Waals surface area contributed by atoms with Gasteiger partial charge in [0.15, 0.2) is 0 Å². The van der Waals surface area contributed by atoms with Crippen LogP contribution in [0.3, 0.4) is 0 Å². The quantitative estimate of drug-likeness (QED) is 0.795. The molecule has 1 aromatic rings. The fraction of sp³-hybridized carbons (Fsp3) is 0.467. The highest BCUT2D eigenvalue weighted by Gasteiger charge is 2.20. The van der Waals surface area contributed by atoms with Gasteiger partial charge in [-0.05, 0) is 50.6 Å². The van der Waals surface area contributed by atoms with E-state index in [0.29, 0.717) is 18.0 Å². The lowest BCUT2D eigenvalue weighted by Crippen LogP contribution is -2.43. The minimum absolute atomic E-state index is 0.0131. The number of benzene rings is 1. The first-order valence-corrected chi connectivity index (χ1v) is 7.27. The van der Waals surface area contributed by atoms with Gasteiger partial charge in [0.1, 0.15) is 0 Å². The molecule has 2 amide bonds. The molecular weight excluding hydrogens is 270 g/mol. The molecule has 1 fully saturated rings. The maximum absolute atomic E-state index is 12.1. The van der Waals surface area contributed by atoms with Crippen molar-refractivity contribution in [3.63, 3.8) is 0 Å². The predicted octanol–water partition coefficient (Wildman–Crippen LogP) is 2.34. The number of piperidine rings is 1. The fourth-order valence-corrected chi connectivity index (χ4v) is 2.23. The first kappa shape index (κ1) is 15.3. The summed E-state index contributed by atoms with van der Waals surface area (Å²) in [7, 11) is 0. The topological polar surface area (TPSA) is 79.5 Å². The molecule has 0 spiro atoms. The van der Waals surface area contributed by atoms with E-state index in [1.807, 2.05) is 0 Å².